The topological polar surface area (TPSA) is 137 Å². The fourth-order valence-electron chi connectivity index (χ4n) is 3.16. The predicted octanol–water partition coefficient (Wildman–Crippen LogP) is 2.20. The zero-order valence-corrected chi connectivity index (χ0v) is 16.7. The molecule has 0 saturated carbocycles. The van der Waals surface area contributed by atoms with Crippen LogP contribution >= 0.6 is 0 Å². The van der Waals surface area contributed by atoms with Gasteiger partial charge in [-0.15, -0.1) is 10.2 Å². The first-order valence-corrected chi connectivity index (χ1v) is 9.48. The maximum absolute atomic E-state index is 14.2. The molecule has 0 atom stereocenters. The molecule has 34 heavy (non-hydrogen) atoms. The first-order valence-electron chi connectivity index (χ1n) is 9.48. The Morgan fingerprint density at radius 1 is 1.24 bits per heavy atom. The lowest BCUT2D eigenvalue weighted by molar-refractivity contribution is -0.157. The van der Waals surface area contributed by atoms with Crippen molar-refractivity contribution in [1.82, 2.24) is 30.1 Å². The van der Waals surface area contributed by atoms with Gasteiger partial charge in [-0.1, -0.05) is 6.07 Å². The van der Waals surface area contributed by atoms with Crippen LogP contribution in [0.25, 0.3) is 17.2 Å². The van der Waals surface area contributed by atoms with Crippen LogP contribution in [0.5, 0.6) is 5.75 Å². The van der Waals surface area contributed by atoms with Crippen LogP contribution in [0.3, 0.4) is 0 Å². The third-order valence-corrected chi connectivity index (χ3v) is 4.68. The summed E-state index contributed by atoms with van der Waals surface area (Å²) in [5.74, 6) is -3.79. The van der Waals surface area contributed by atoms with Crippen molar-refractivity contribution < 1.29 is 36.3 Å². The molecule has 0 spiro atoms. The monoisotopic (exact) mass is 477 g/mol. The summed E-state index contributed by atoms with van der Waals surface area (Å²) in [7, 11) is 0. The maximum Gasteiger partial charge on any atom is 0.470 e. The Morgan fingerprint density at radius 3 is 2.82 bits per heavy atom. The summed E-state index contributed by atoms with van der Waals surface area (Å²) in [6, 6.07) is 5.92. The summed E-state index contributed by atoms with van der Waals surface area (Å²) in [5, 5.41) is 15.2. The summed E-state index contributed by atoms with van der Waals surface area (Å²) in [4.78, 5) is 28.1. The molecule has 11 nitrogen and oxygen atoms in total. The minimum atomic E-state index is -4.90. The number of fused-ring (bicyclic) bond motifs is 2. The van der Waals surface area contributed by atoms with E-state index in [0.717, 1.165) is 16.8 Å². The van der Waals surface area contributed by atoms with Gasteiger partial charge in [0.15, 0.2) is 18.1 Å². The molecule has 4 aromatic rings. The quantitative estimate of drug-likeness (QED) is 0.427. The SMILES string of the molecule is O=C1COc2ccc(CNC(=O)c3cc(-c4nnc(C(F)(F)F)o4)n4ncc(F)c4n3)cc2N1. The lowest BCUT2D eigenvalue weighted by Crippen LogP contribution is -2.26. The first-order chi connectivity index (χ1) is 16.2. The molecule has 1 aliphatic heterocycles. The zero-order chi connectivity index (χ0) is 24.0. The van der Waals surface area contributed by atoms with E-state index in [1.807, 2.05) is 0 Å². The molecule has 0 unspecified atom stereocenters. The molecule has 4 heterocycles. The Balaban J connectivity index is 1.43. The van der Waals surface area contributed by atoms with Gasteiger partial charge in [-0.25, -0.2) is 13.9 Å². The number of hydrogen-bond acceptors (Lipinski definition) is 8. The van der Waals surface area contributed by atoms with Crippen molar-refractivity contribution in [2.45, 2.75) is 12.7 Å². The van der Waals surface area contributed by atoms with Crippen LogP contribution in [0.15, 0.2) is 34.9 Å². The number of nitrogens with zero attached hydrogens (tertiary/aromatic N) is 5. The fraction of sp³-hybridized carbons (Fsp3) is 0.158. The lowest BCUT2D eigenvalue weighted by Gasteiger charge is -2.18. The van der Waals surface area contributed by atoms with E-state index in [1.54, 1.807) is 18.2 Å². The van der Waals surface area contributed by atoms with Gasteiger partial charge in [0.2, 0.25) is 0 Å². The molecule has 5 rings (SSSR count). The summed E-state index contributed by atoms with van der Waals surface area (Å²) in [5.41, 5.74) is 0.00600. The number of amides is 2. The number of hydrogen-bond donors (Lipinski definition) is 2. The van der Waals surface area contributed by atoms with E-state index in [0.29, 0.717) is 17.0 Å². The molecule has 0 aliphatic carbocycles. The van der Waals surface area contributed by atoms with Gasteiger partial charge in [0, 0.05) is 12.6 Å². The number of rotatable bonds is 4. The number of halogens is 4. The number of aromatic nitrogens is 5. The number of benzene rings is 1. The number of carbonyl (C=O) groups excluding carboxylic acids is 2. The van der Waals surface area contributed by atoms with Crippen LogP contribution in [-0.2, 0) is 17.5 Å². The number of nitrogens with one attached hydrogen (secondary N) is 2. The normalized spacial score (nSPS) is 13.4. The van der Waals surface area contributed by atoms with E-state index in [9.17, 15) is 27.2 Å². The largest absolute Gasteiger partial charge is 0.482 e. The second-order valence-electron chi connectivity index (χ2n) is 7.01. The summed E-state index contributed by atoms with van der Waals surface area (Å²) in [6.45, 7) is -0.111. The van der Waals surface area contributed by atoms with Crippen molar-refractivity contribution in [2.75, 3.05) is 11.9 Å². The van der Waals surface area contributed by atoms with Crippen molar-refractivity contribution in [2.24, 2.45) is 0 Å². The minimum absolute atomic E-state index is 0.00923. The van der Waals surface area contributed by atoms with Crippen LogP contribution in [0.2, 0.25) is 0 Å². The van der Waals surface area contributed by atoms with Crippen molar-refractivity contribution >= 4 is 23.1 Å². The van der Waals surface area contributed by atoms with Crippen LogP contribution in [0, 0.1) is 5.82 Å². The van der Waals surface area contributed by atoms with E-state index in [-0.39, 0.29) is 30.4 Å². The molecule has 2 N–H and O–H groups in total. The van der Waals surface area contributed by atoms with Gasteiger partial charge in [0.05, 0.1) is 11.9 Å². The molecule has 0 bridgehead atoms. The fourth-order valence-corrected chi connectivity index (χ4v) is 3.16. The Hall–Kier alpha value is -4.56. The standard InChI is InChI=1S/C19H11F4N7O4/c20-9-6-25-30-12(17-28-29-18(34-17)19(21,22)23)4-11(27-15(9)30)16(32)24-5-8-1-2-13-10(3-8)26-14(31)7-33-13/h1-4,6H,5,7H2,(H,24,32)(H,26,31). The van der Waals surface area contributed by atoms with Gasteiger partial charge in [0.25, 0.3) is 17.7 Å². The molecule has 1 aromatic carbocycles. The molecule has 0 radical (unpaired) electrons. The summed E-state index contributed by atoms with van der Waals surface area (Å²) in [6.07, 6.45) is -4.12. The molecule has 3 aromatic heterocycles. The predicted molar refractivity (Wildman–Crippen MR) is 103 cm³/mol. The van der Waals surface area contributed by atoms with Gasteiger partial charge in [-0.3, -0.25) is 9.59 Å². The first kappa shape index (κ1) is 21.3. The van der Waals surface area contributed by atoms with E-state index in [2.05, 4.69) is 35.3 Å². The second-order valence-corrected chi connectivity index (χ2v) is 7.01. The number of alkyl halides is 3. The number of anilines is 1. The molecular formula is C19H11F4N7O4. The summed E-state index contributed by atoms with van der Waals surface area (Å²) < 4.78 is 63.4. The second kappa shape index (κ2) is 7.79. The average Bonchev–Trinajstić information content (AvgIpc) is 3.44. The minimum Gasteiger partial charge on any atom is -0.482 e. The summed E-state index contributed by atoms with van der Waals surface area (Å²) >= 11 is 0. The Kier molecular flexibility index (Phi) is 4.88. The van der Waals surface area contributed by atoms with E-state index in [4.69, 9.17) is 4.74 Å². The Bertz CT molecular complexity index is 1450. The Labute approximate surface area is 185 Å². The van der Waals surface area contributed by atoms with Crippen LogP contribution < -0.4 is 15.4 Å². The molecule has 0 saturated heterocycles. The van der Waals surface area contributed by atoms with Crippen LogP contribution in [0.1, 0.15) is 21.9 Å². The van der Waals surface area contributed by atoms with E-state index >= 15 is 0 Å². The van der Waals surface area contributed by atoms with Gasteiger partial charge >= 0.3 is 12.1 Å². The van der Waals surface area contributed by atoms with Gasteiger partial charge in [0.1, 0.15) is 17.1 Å². The van der Waals surface area contributed by atoms with Crippen LogP contribution in [0.4, 0.5) is 23.2 Å². The molecule has 1 aliphatic rings. The van der Waals surface area contributed by atoms with Crippen molar-refractivity contribution in [3.8, 4) is 17.3 Å². The third-order valence-electron chi connectivity index (χ3n) is 4.68. The van der Waals surface area contributed by atoms with Crippen molar-refractivity contribution in [3.05, 3.63) is 53.4 Å². The van der Waals surface area contributed by atoms with Crippen LogP contribution in [-0.4, -0.2) is 43.2 Å². The highest BCUT2D eigenvalue weighted by atomic mass is 19.4. The molecule has 15 heteroatoms. The number of carbonyl (C=O) groups is 2. The number of ether oxygens (including phenoxy) is 1. The maximum atomic E-state index is 14.2. The molecule has 174 valence electrons. The Morgan fingerprint density at radius 2 is 2.06 bits per heavy atom. The van der Waals surface area contributed by atoms with Gasteiger partial charge in [-0.2, -0.15) is 18.3 Å². The third kappa shape index (κ3) is 3.87. The highest BCUT2D eigenvalue weighted by Gasteiger charge is 2.38. The molecule has 2 amide bonds. The lowest BCUT2D eigenvalue weighted by atomic mass is 10.1. The average molecular weight is 477 g/mol. The molecular weight excluding hydrogens is 466 g/mol. The van der Waals surface area contributed by atoms with Gasteiger partial charge in [-0.05, 0) is 17.7 Å². The van der Waals surface area contributed by atoms with Crippen molar-refractivity contribution in [1.29, 1.82) is 0 Å². The van der Waals surface area contributed by atoms with E-state index in [1.165, 1.54) is 0 Å². The van der Waals surface area contributed by atoms with Gasteiger partial charge < -0.3 is 19.8 Å². The van der Waals surface area contributed by atoms with E-state index < -0.39 is 35.3 Å². The van der Waals surface area contributed by atoms with Crippen molar-refractivity contribution in [3.63, 3.8) is 0 Å². The highest BCUT2D eigenvalue weighted by molar-refractivity contribution is 5.95. The highest BCUT2D eigenvalue weighted by Crippen LogP contribution is 2.31. The zero-order valence-electron chi connectivity index (χ0n) is 16.7. The molecule has 0 fully saturated rings. The smallest absolute Gasteiger partial charge is 0.470 e.